The molecule has 7 heteroatoms. The van der Waals surface area contributed by atoms with Crippen molar-refractivity contribution in [1.82, 2.24) is 10.3 Å². The van der Waals surface area contributed by atoms with Gasteiger partial charge in [0, 0.05) is 5.38 Å². The molecule has 16 heavy (non-hydrogen) atoms. The number of amides is 1. The van der Waals surface area contributed by atoms with Crippen molar-refractivity contribution in [2.75, 3.05) is 12.0 Å². The Kier molecular flexibility index (Phi) is 4.75. The highest BCUT2D eigenvalue weighted by molar-refractivity contribution is 7.99. The average molecular weight is 260 g/mol. The van der Waals surface area contributed by atoms with Crippen LogP contribution in [0.3, 0.4) is 0 Å². The van der Waals surface area contributed by atoms with Gasteiger partial charge in [-0.3, -0.25) is 4.79 Å². The zero-order valence-electron chi connectivity index (χ0n) is 8.89. The minimum atomic E-state index is -1.05. The maximum atomic E-state index is 11.3. The van der Waals surface area contributed by atoms with E-state index in [-0.39, 0.29) is 17.6 Å². The molecule has 1 unspecified atom stereocenters. The molecule has 0 fully saturated rings. The Balaban J connectivity index is 2.62. The van der Waals surface area contributed by atoms with Crippen LogP contribution in [0.15, 0.2) is 5.38 Å². The second kappa shape index (κ2) is 5.86. The molecule has 0 aromatic carbocycles. The molecule has 0 aliphatic heterocycles. The third kappa shape index (κ3) is 3.49. The molecule has 1 heterocycles. The Bertz CT molecular complexity index is 392. The highest BCUT2D eigenvalue weighted by Crippen LogP contribution is 2.17. The van der Waals surface area contributed by atoms with Crippen LogP contribution in [0.25, 0.3) is 0 Å². The number of hydrogen-bond donors (Lipinski definition) is 2. The predicted molar refractivity (Wildman–Crippen MR) is 64.0 cm³/mol. The number of aromatic nitrogens is 1. The second-order valence-electron chi connectivity index (χ2n) is 3.10. The summed E-state index contributed by atoms with van der Waals surface area (Å²) < 4.78 is 0. The standard InChI is InChI=1S/C9H12N2O3S2/c1-5(10-7(12)4-15-2)8-11-6(3-16-8)9(13)14/h3,5H,4H2,1-2H3,(H,10,12)(H,13,14). The SMILES string of the molecule is CSCC(=O)NC(C)c1nc(C(=O)O)cs1. The van der Waals surface area contributed by atoms with Gasteiger partial charge in [0.15, 0.2) is 5.69 Å². The Morgan fingerprint density at radius 2 is 2.38 bits per heavy atom. The number of carboxylic acid groups (broad SMARTS) is 1. The molecule has 1 atom stereocenters. The van der Waals surface area contributed by atoms with Crippen LogP contribution in [-0.4, -0.2) is 34.0 Å². The summed E-state index contributed by atoms with van der Waals surface area (Å²) in [4.78, 5) is 25.8. The van der Waals surface area contributed by atoms with Crippen LogP contribution in [-0.2, 0) is 4.79 Å². The fraction of sp³-hybridized carbons (Fsp3) is 0.444. The van der Waals surface area contributed by atoms with Crippen molar-refractivity contribution in [2.24, 2.45) is 0 Å². The average Bonchev–Trinajstić information content (AvgIpc) is 2.66. The Morgan fingerprint density at radius 3 is 2.88 bits per heavy atom. The zero-order chi connectivity index (χ0) is 12.1. The highest BCUT2D eigenvalue weighted by atomic mass is 32.2. The largest absolute Gasteiger partial charge is 0.476 e. The first-order valence-corrected chi connectivity index (χ1v) is 6.79. The molecule has 0 saturated heterocycles. The van der Waals surface area contributed by atoms with Gasteiger partial charge in [-0.05, 0) is 13.2 Å². The molecule has 0 spiro atoms. The van der Waals surface area contributed by atoms with E-state index in [1.165, 1.54) is 28.5 Å². The van der Waals surface area contributed by atoms with E-state index in [9.17, 15) is 9.59 Å². The van der Waals surface area contributed by atoms with Crippen LogP contribution >= 0.6 is 23.1 Å². The second-order valence-corrected chi connectivity index (χ2v) is 4.85. The maximum Gasteiger partial charge on any atom is 0.355 e. The number of nitrogens with zero attached hydrogens (tertiary/aromatic N) is 1. The molecule has 0 bridgehead atoms. The van der Waals surface area contributed by atoms with Gasteiger partial charge in [0.1, 0.15) is 5.01 Å². The van der Waals surface area contributed by atoms with Gasteiger partial charge in [0.05, 0.1) is 11.8 Å². The van der Waals surface area contributed by atoms with Gasteiger partial charge < -0.3 is 10.4 Å². The van der Waals surface area contributed by atoms with Gasteiger partial charge in [-0.1, -0.05) is 0 Å². The molecule has 0 saturated carbocycles. The van der Waals surface area contributed by atoms with Gasteiger partial charge in [-0.25, -0.2) is 9.78 Å². The zero-order valence-corrected chi connectivity index (χ0v) is 10.5. The number of carbonyl (C=O) groups is 2. The van der Waals surface area contributed by atoms with Crippen molar-refractivity contribution in [3.05, 3.63) is 16.1 Å². The van der Waals surface area contributed by atoms with Crippen molar-refractivity contribution in [2.45, 2.75) is 13.0 Å². The van der Waals surface area contributed by atoms with E-state index < -0.39 is 5.97 Å². The van der Waals surface area contributed by atoms with Crippen LogP contribution < -0.4 is 5.32 Å². The summed E-state index contributed by atoms with van der Waals surface area (Å²) in [6.07, 6.45) is 1.84. The van der Waals surface area contributed by atoms with E-state index in [0.717, 1.165) is 0 Å². The number of carboxylic acids is 1. The molecule has 1 amide bonds. The lowest BCUT2D eigenvalue weighted by Gasteiger charge is -2.09. The third-order valence-corrected chi connectivity index (χ3v) is 3.34. The molecule has 2 N–H and O–H groups in total. The van der Waals surface area contributed by atoms with E-state index in [2.05, 4.69) is 10.3 Å². The molecule has 0 radical (unpaired) electrons. The Morgan fingerprint density at radius 1 is 1.69 bits per heavy atom. The number of thiazole rings is 1. The predicted octanol–water partition coefficient (Wildman–Crippen LogP) is 1.38. The molecule has 1 rings (SSSR count). The molecular formula is C9H12N2O3S2. The number of rotatable bonds is 5. The van der Waals surface area contributed by atoms with E-state index >= 15 is 0 Å². The fourth-order valence-electron chi connectivity index (χ4n) is 1.06. The van der Waals surface area contributed by atoms with E-state index in [1.54, 1.807) is 6.92 Å². The number of nitrogens with one attached hydrogen (secondary N) is 1. The molecule has 5 nitrogen and oxygen atoms in total. The summed E-state index contributed by atoms with van der Waals surface area (Å²) in [7, 11) is 0. The van der Waals surface area contributed by atoms with E-state index in [1.807, 2.05) is 6.26 Å². The summed E-state index contributed by atoms with van der Waals surface area (Å²) in [6.45, 7) is 1.78. The van der Waals surface area contributed by atoms with Crippen molar-refractivity contribution < 1.29 is 14.7 Å². The number of hydrogen-bond acceptors (Lipinski definition) is 5. The van der Waals surface area contributed by atoms with Crippen molar-refractivity contribution in [1.29, 1.82) is 0 Å². The molecule has 88 valence electrons. The number of carbonyl (C=O) groups excluding carboxylic acids is 1. The van der Waals surface area contributed by atoms with E-state index in [4.69, 9.17) is 5.11 Å². The molecule has 1 aromatic heterocycles. The first-order valence-electron chi connectivity index (χ1n) is 4.51. The van der Waals surface area contributed by atoms with Gasteiger partial charge in [0.25, 0.3) is 0 Å². The Hall–Kier alpha value is -1.08. The van der Waals surface area contributed by atoms with E-state index in [0.29, 0.717) is 10.8 Å². The topological polar surface area (TPSA) is 79.3 Å². The maximum absolute atomic E-state index is 11.3. The molecule has 0 aliphatic carbocycles. The fourth-order valence-corrected chi connectivity index (χ4v) is 2.21. The molecular weight excluding hydrogens is 248 g/mol. The lowest BCUT2D eigenvalue weighted by molar-refractivity contribution is -0.119. The van der Waals surface area contributed by atoms with Gasteiger partial charge in [-0.2, -0.15) is 11.8 Å². The van der Waals surface area contributed by atoms with Gasteiger partial charge in [0.2, 0.25) is 5.91 Å². The molecule has 1 aromatic rings. The number of thioether (sulfide) groups is 1. The van der Waals surface area contributed by atoms with Crippen LogP contribution in [0.2, 0.25) is 0 Å². The van der Waals surface area contributed by atoms with Crippen molar-refractivity contribution >= 4 is 35.0 Å². The molecule has 0 aliphatic rings. The normalized spacial score (nSPS) is 12.1. The lowest BCUT2D eigenvalue weighted by Crippen LogP contribution is -2.28. The summed E-state index contributed by atoms with van der Waals surface area (Å²) >= 11 is 2.67. The first-order chi connectivity index (χ1) is 7.54. The highest BCUT2D eigenvalue weighted by Gasteiger charge is 2.15. The van der Waals surface area contributed by atoms with Crippen LogP contribution in [0.4, 0.5) is 0 Å². The van der Waals surface area contributed by atoms with Crippen LogP contribution in [0.5, 0.6) is 0 Å². The third-order valence-electron chi connectivity index (χ3n) is 1.76. The minimum Gasteiger partial charge on any atom is -0.476 e. The lowest BCUT2D eigenvalue weighted by atomic mass is 10.3. The summed E-state index contributed by atoms with van der Waals surface area (Å²) in [5, 5.41) is 13.5. The van der Waals surface area contributed by atoms with Gasteiger partial charge >= 0.3 is 5.97 Å². The van der Waals surface area contributed by atoms with Crippen molar-refractivity contribution in [3.8, 4) is 0 Å². The first kappa shape index (κ1) is 13.0. The van der Waals surface area contributed by atoms with Gasteiger partial charge in [-0.15, -0.1) is 11.3 Å². The summed E-state index contributed by atoms with van der Waals surface area (Å²) in [6, 6.07) is -0.252. The monoisotopic (exact) mass is 260 g/mol. The smallest absolute Gasteiger partial charge is 0.355 e. The minimum absolute atomic E-state index is 0.0194. The summed E-state index contributed by atoms with van der Waals surface area (Å²) in [5.74, 6) is -0.737. The number of aromatic carboxylic acids is 1. The van der Waals surface area contributed by atoms with Crippen LogP contribution in [0, 0.1) is 0 Å². The van der Waals surface area contributed by atoms with Crippen LogP contribution in [0.1, 0.15) is 28.5 Å². The van der Waals surface area contributed by atoms with Crippen molar-refractivity contribution in [3.63, 3.8) is 0 Å². The quantitative estimate of drug-likeness (QED) is 0.836. The summed E-state index contributed by atoms with van der Waals surface area (Å²) in [5.41, 5.74) is 0.0194. The Labute approximate surface area is 101 Å².